The van der Waals surface area contributed by atoms with Gasteiger partial charge in [0.25, 0.3) is 0 Å². The van der Waals surface area contributed by atoms with Crippen LogP contribution >= 0.6 is 11.6 Å². The number of halogens is 1. The molecule has 1 aromatic heterocycles. The van der Waals surface area contributed by atoms with Gasteiger partial charge in [-0.05, 0) is 17.7 Å². The highest BCUT2D eigenvalue weighted by Gasteiger charge is 2.16. The van der Waals surface area contributed by atoms with Crippen LogP contribution in [0.4, 0.5) is 0 Å². The zero-order valence-electron chi connectivity index (χ0n) is 7.48. The quantitative estimate of drug-likeness (QED) is 0.850. The van der Waals surface area contributed by atoms with Crippen molar-refractivity contribution in [3.05, 3.63) is 41.2 Å². The number of benzene rings is 1. The summed E-state index contributed by atoms with van der Waals surface area (Å²) < 4.78 is 4.63. The van der Waals surface area contributed by atoms with Gasteiger partial charge in [-0.3, -0.25) is 0 Å². The van der Waals surface area contributed by atoms with Crippen LogP contribution in [0, 0.1) is 0 Å². The molecule has 1 aromatic carbocycles. The van der Waals surface area contributed by atoms with Crippen LogP contribution in [-0.4, -0.2) is 16.2 Å². The molecule has 0 aliphatic rings. The van der Waals surface area contributed by atoms with Gasteiger partial charge in [0.15, 0.2) is 5.69 Å². The molecule has 1 N–H and O–H groups in total. The van der Waals surface area contributed by atoms with E-state index in [1.807, 2.05) is 0 Å². The van der Waals surface area contributed by atoms with Crippen molar-refractivity contribution in [2.24, 2.45) is 0 Å². The van der Waals surface area contributed by atoms with E-state index in [1.54, 1.807) is 24.3 Å². The van der Waals surface area contributed by atoms with Crippen LogP contribution in [0.5, 0.6) is 0 Å². The summed E-state index contributed by atoms with van der Waals surface area (Å²) in [6, 6.07) is 6.77. The molecule has 0 bridgehead atoms. The highest BCUT2D eigenvalue weighted by molar-refractivity contribution is 6.30. The zero-order valence-corrected chi connectivity index (χ0v) is 8.23. The van der Waals surface area contributed by atoms with Gasteiger partial charge in [0.05, 0.1) is 5.56 Å². The first-order chi connectivity index (χ1) is 7.18. The Balaban J connectivity index is 2.49. The van der Waals surface area contributed by atoms with Gasteiger partial charge in [0, 0.05) is 5.02 Å². The molecule has 0 fully saturated rings. The third kappa shape index (κ3) is 1.85. The summed E-state index contributed by atoms with van der Waals surface area (Å²) in [7, 11) is 0. The number of hydrogen-bond acceptors (Lipinski definition) is 3. The molecule has 0 saturated heterocycles. The highest BCUT2D eigenvalue weighted by atomic mass is 35.5. The van der Waals surface area contributed by atoms with Crippen LogP contribution in [0.2, 0.25) is 5.02 Å². The monoisotopic (exact) mass is 223 g/mol. The summed E-state index contributed by atoms with van der Waals surface area (Å²) in [6.07, 6.45) is 1.30. The van der Waals surface area contributed by atoms with Crippen LogP contribution in [0.25, 0.3) is 11.1 Å². The first kappa shape index (κ1) is 9.73. The lowest BCUT2D eigenvalue weighted by Crippen LogP contribution is -1.98. The Morgan fingerprint density at radius 1 is 1.33 bits per heavy atom. The lowest BCUT2D eigenvalue weighted by atomic mass is 10.1. The fourth-order valence-corrected chi connectivity index (χ4v) is 1.35. The molecule has 76 valence electrons. The van der Waals surface area contributed by atoms with Crippen molar-refractivity contribution >= 4 is 17.6 Å². The number of aromatic nitrogens is 1. The van der Waals surface area contributed by atoms with Crippen LogP contribution in [0.1, 0.15) is 10.5 Å². The normalized spacial score (nSPS) is 10.2. The van der Waals surface area contributed by atoms with Crippen molar-refractivity contribution in [3.63, 3.8) is 0 Å². The van der Waals surface area contributed by atoms with Crippen molar-refractivity contribution in [2.45, 2.75) is 0 Å². The molecule has 4 nitrogen and oxygen atoms in total. The number of aromatic carboxylic acids is 1. The predicted octanol–water partition coefficient (Wildman–Crippen LogP) is 2.69. The number of carboxylic acid groups (broad SMARTS) is 1. The number of carboxylic acids is 1. The molecule has 0 aliphatic carbocycles. The summed E-state index contributed by atoms with van der Waals surface area (Å²) in [5.41, 5.74) is 1.05. The van der Waals surface area contributed by atoms with Crippen LogP contribution in [0.3, 0.4) is 0 Å². The molecule has 0 saturated carbocycles. The van der Waals surface area contributed by atoms with Gasteiger partial charge in [-0.2, -0.15) is 0 Å². The van der Waals surface area contributed by atoms with E-state index in [2.05, 4.69) is 9.68 Å². The Bertz CT molecular complexity index is 490. The lowest BCUT2D eigenvalue weighted by molar-refractivity contribution is 0.0686. The standard InChI is InChI=1S/C10H6ClNO3/c11-7-3-1-6(2-4-7)8-5-15-12-9(8)10(13)14/h1-5H,(H,13,14). The fraction of sp³-hybridized carbons (Fsp3) is 0. The van der Waals surface area contributed by atoms with Crippen molar-refractivity contribution in [1.82, 2.24) is 5.16 Å². The molecule has 0 spiro atoms. The maximum Gasteiger partial charge on any atom is 0.358 e. The molecule has 2 aromatic rings. The Hall–Kier alpha value is -1.81. The second kappa shape index (κ2) is 3.74. The third-order valence-electron chi connectivity index (χ3n) is 1.93. The highest BCUT2D eigenvalue weighted by Crippen LogP contribution is 2.24. The van der Waals surface area contributed by atoms with Gasteiger partial charge < -0.3 is 9.63 Å². The third-order valence-corrected chi connectivity index (χ3v) is 2.18. The molecule has 2 rings (SSSR count). The topological polar surface area (TPSA) is 63.3 Å². The number of hydrogen-bond donors (Lipinski definition) is 1. The van der Waals surface area contributed by atoms with E-state index in [1.165, 1.54) is 6.26 Å². The maximum atomic E-state index is 10.8. The van der Waals surface area contributed by atoms with Crippen molar-refractivity contribution < 1.29 is 14.4 Å². The molecular formula is C10H6ClNO3. The molecule has 0 unspecified atom stereocenters. The number of rotatable bonds is 2. The van der Waals surface area contributed by atoms with E-state index in [9.17, 15) is 4.79 Å². The predicted molar refractivity (Wildman–Crippen MR) is 53.9 cm³/mol. The molecule has 0 radical (unpaired) electrons. The van der Waals surface area contributed by atoms with E-state index in [0.717, 1.165) is 0 Å². The Morgan fingerprint density at radius 3 is 2.60 bits per heavy atom. The number of nitrogens with zero attached hydrogens (tertiary/aromatic N) is 1. The van der Waals surface area contributed by atoms with Crippen LogP contribution in [0.15, 0.2) is 35.1 Å². The Kier molecular flexibility index (Phi) is 2.43. The van der Waals surface area contributed by atoms with Crippen LogP contribution < -0.4 is 0 Å². The van der Waals surface area contributed by atoms with Gasteiger partial charge in [0.1, 0.15) is 6.26 Å². The van der Waals surface area contributed by atoms with Crippen molar-refractivity contribution in [2.75, 3.05) is 0 Å². The van der Waals surface area contributed by atoms with Crippen LogP contribution in [-0.2, 0) is 0 Å². The van der Waals surface area contributed by atoms with Crippen molar-refractivity contribution in [3.8, 4) is 11.1 Å². The fourth-order valence-electron chi connectivity index (χ4n) is 1.23. The summed E-state index contributed by atoms with van der Waals surface area (Å²) in [6.45, 7) is 0. The smallest absolute Gasteiger partial charge is 0.358 e. The first-order valence-electron chi connectivity index (χ1n) is 4.12. The van der Waals surface area contributed by atoms with Gasteiger partial charge in [-0.25, -0.2) is 4.79 Å². The Morgan fingerprint density at radius 2 is 2.00 bits per heavy atom. The van der Waals surface area contributed by atoms with E-state index >= 15 is 0 Å². The average molecular weight is 224 g/mol. The summed E-state index contributed by atoms with van der Waals surface area (Å²) in [5, 5.41) is 12.8. The molecule has 5 heteroatoms. The second-order valence-corrected chi connectivity index (χ2v) is 3.33. The summed E-state index contributed by atoms with van der Waals surface area (Å²) in [4.78, 5) is 10.8. The van der Waals surface area contributed by atoms with E-state index in [0.29, 0.717) is 16.1 Å². The zero-order chi connectivity index (χ0) is 10.8. The second-order valence-electron chi connectivity index (χ2n) is 2.89. The van der Waals surface area contributed by atoms with E-state index < -0.39 is 5.97 Å². The van der Waals surface area contributed by atoms with E-state index in [-0.39, 0.29) is 5.69 Å². The summed E-state index contributed by atoms with van der Waals surface area (Å²) in [5.74, 6) is -1.12. The summed E-state index contributed by atoms with van der Waals surface area (Å²) >= 11 is 5.72. The van der Waals surface area contributed by atoms with Gasteiger partial charge in [-0.1, -0.05) is 28.9 Å². The van der Waals surface area contributed by atoms with E-state index in [4.69, 9.17) is 16.7 Å². The van der Waals surface area contributed by atoms with Crippen molar-refractivity contribution in [1.29, 1.82) is 0 Å². The minimum Gasteiger partial charge on any atom is -0.476 e. The minimum absolute atomic E-state index is 0.0997. The molecule has 0 amide bonds. The Labute approximate surface area is 90.1 Å². The molecule has 15 heavy (non-hydrogen) atoms. The van der Waals surface area contributed by atoms with Gasteiger partial charge >= 0.3 is 5.97 Å². The first-order valence-corrected chi connectivity index (χ1v) is 4.50. The largest absolute Gasteiger partial charge is 0.476 e. The lowest BCUT2D eigenvalue weighted by Gasteiger charge is -1.97. The molecular weight excluding hydrogens is 218 g/mol. The average Bonchev–Trinajstić information content (AvgIpc) is 2.67. The number of carbonyl (C=O) groups is 1. The molecule has 0 aliphatic heterocycles. The SMILES string of the molecule is O=C(O)c1nocc1-c1ccc(Cl)cc1. The molecule has 0 atom stereocenters. The molecule has 1 heterocycles. The minimum atomic E-state index is -1.12. The van der Waals surface area contributed by atoms with Gasteiger partial charge in [-0.15, -0.1) is 0 Å². The maximum absolute atomic E-state index is 10.8. The van der Waals surface area contributed by atoms with Gasteiger partial charge in [0.2, 0.25) is 0 Å².